The van der Waals surface area contributed by atoms with Crippen LogP contribution in [0.5, 0.6) is 0 Å². The Bertz CT molecular complexity index is 1270. The van der Waals surface area contributed by atoms with Crippen molar-refractivity contribution < 1.29 is 4.79 Å². The van der Waals surface area contributed by atoms with Crippen molar-refractivity contribution in [2.24, 2.45) is 0 Å². The molecule has 4 aromatic rings. The van der Waals surface area contributed by atoms with Crippen molar-refractivity contribution >= 4 is 58.1 Å². The highest BCUT2D eigenvalue weighted by Crippen LogP contribution is 2.20. The lowest BCUT2D eigenvalue weighted by Crippen LogP contribution is -2.05. The van der Waals surface area contributed by atoms with Gasteiger partial charge in [-0.05, 0) is 53.1 Å². The zero-order chi connectivity index (χ0) is 21.6. The Morgan fingerprint density at radius 3 is 2.58 bits per heavy atom. The summed E-state index contributed by atoms with van der Waals surface area (Å²) in [6.07, 6.45) is 4.36. The summed E-state index contributed by atoms with van der Waals surface area (Å²) < 4.78 is 0. The molecule has 0 unspecified atom stereocenters. The van der Waals surface area contributed by atoms with Crippen LogP contribution in [-0.4, -0.2) is 10.1 Å². The third-order valence-electron chi connectivity index (χ3n) is 4.95. The van der Waals surface area contributed by atoms with Crippen molar-refractivity contribution in [3.05, 3.63) is 106 Å². The van der Waals surface area contributed by atoms with E-state index in [2.05, 4.69) is 29.0 Å². The van der Waals surface area contributed by atoms with Crippen LogP contribution in [0.1, 0.15) is 22.4 Å². The van der Waals surface area contributed by atoms with E-state index in [1.165, 1.54) is 0 Å². The summed E-state index contributed by atoms with van der Waals surface area (Å²) in [5, 5.41) is 5.05. The highest BCUT2D eigenvalue weighted by Gasteiger charge is 2.05. The van der Waals surface area contributed by atoms with Crippen LogP contribution >= 0.6 is 24.2 Å². The third kappa shape index (κ3) is 5.75. The fraction of sp³-hybridized carbons (Fsp3) is 0.0769. The number of anilines is 1. The van der Waals surface area contributed by atoms with Crippen molar-refractivity contribution in [3.8, 4) is 0 Å². The zero-order valence-electron chi connectivity index (χ0n) is 16.8. The van der Waals surface area contributed by atoms with Gasteiger partial charge in [0.05, 0.1) is 11.2 Å². The van der Waals surface area contributed by atoms with E-state index in [0.29, 0.717) is 18.0 Å². The summed E-state index contributed by atoms with van der Waals surface area (Å²) in [4.78, 5) is 16.0. The number of fused-ring (bicyclic) bond motifs is 1. The number of aromatic nitrogens is 1. The van der Waals surface area contributed by atoms with E-state index in [1.54, 1.807) is 0 Å². The molecule has 3 aromatic carbocycles. The third-order valence-corrected chi connectivity index (χ3v) is 5.35. The predicted octanol–water partition coefficient (Wildman–Crippen LogP) is 6.67. The fourth-order valence-electron chi connectivity index (χ4n) is 3.40. The van der Waals surface area contributed by atoms with Crippen LogP contribution in [0.25, 0.3) is 23.1 Å². The molecule has 0 aliphatic heterocycles. The van der Waals surface area contributed by atoms with Crippen LogP contribution in [0.2, 0.25) is 5.02 Å². The number of pyridine rings is 1. The Balaban J connectivity index is 1.47. The van der Waals surface area contributed by atoms with Gasteiger partial charge >= 0.3 is 0 Å². The Kier molecular flexibility index (Phi) is 6.70. The van der Waals surface area contributed by atoms with Gasteiger partial charge in [0.25, 0.3) is 0 Å². The van der Waals surface area contributed by atoms with Gasteiger partial charge in [0.1, 0.15) is 0 Å². The van der Waals surface area contributed by atoms with E-state index < -0.39 is 0 Å². The first-order valence-corrected chi connectivity index (χ1v) is 10.8. The quantitative estimate of drug-likeness (QED) is 0.313. The van der Waals surface area contributed by atoms with Crippen molar-refractivity contribution in [1.82, 2.24) is 4.98 Å². The van der Waals surface area contributed by atoms with Crippen molar-refractivity contribution in [3.63, 3.8) is 0 Å². The molecule has 0 saturated carbocycles. The SMILES string of the molecule is O=C(S)Cc1ccccc1CNc1cccc(C=Cc2ccc3ccc(Cl)cc3n2)c1. The van der Waals surface area contributed by atoms with Gasteiger partial charge in [-0.25, -0.2) is 4.98 Å². The van der Waals surface area contributed by atoms with E-state index in [-0.39, 0.29) is 5.12 Å². The number of nitrogens with zero attached hydrogens (tertiary/aromatic N) is 1. The molecule has 1 aromatic heterocycles. The molecule has 0 radical (unpaired) electrons. The molecule has 0 fully saturated rings. The normalized spacial score (nSPS) is 11.2. The second-order valence-corrected chi connectivity index (χ2v) is 8.16. The molecule has 4 rings (SSSR count). The van der Waals surface area contributed by atoms with E-state index >= 15 is 0 Å². The van der Waals surface area contributed by atoms with E-state index in [0.717, 1.165) is 39.0 Å². The number of nitrogens with one attached hydrogen (secondary N) is 1. The van der Waals surface area contributed by atoms with Crippen molar-refractivity contribution in [1.29, 1.82) is 0 Å². The minimum atomic E-state index is -0.135. The van der Waals surface area contributed by atoms with Gasteiger partial charge in [-0.1, -0.05) is 66.2 Å². The molecule has 0 spiro atoms. The zero-order valence-corrected chi connectivity index (χ0v) is 18.4. The van der Waals surface area contributed by atoms with Crippen LogP contribution < -0.4 is 5.32 Å². The standard InChI is InChI=1S/C26H21ClN2OS/c27-22-11-9-19-10-13-23(29-25(19)16-22)12-8-18-4-3-7-24(14-18)28-17-21-6-2-1-5-20(21)15-26(30)31/h1-14,16,28H,15,17H2,(H,30,31). The van der Waals surface area contributed by atoms with Gasteiger partial charge in [-0.2, -0.15) is 0 Å². The average molecular weight is 445 g/mol. The Labute approximate surface area is 192 Å². The number of rotatable bonds is 7. The lowest BCUT2D eigenvalue weighted by atomic mass is 10.0. The molecule has 0 amide bonds. The average Bonchev–Trinajstić information content (AvgIpc) is 2.77. The number of halogens is 1. The summed E-state index contributed by atoms with van der Waals surface area (Å²) >= 11 is 9.99. The first-order chi connectivity index (χ1) is 15.1. The summed E-state index contributed by atoms with van der Waals surface area (Å²) in [5.74, 6) is 0. The number of benzene rings is 3. The number of thiol groups is 1. The highest BCUT2D eigenvalue weighted by molar-refractivity contribution is 7.96. The molecule has 0 atom stereocenters. The largest absolute Gasteiger partial charge is 0.381 e. The summed E-state index contributed by atoms with van der Waals surface area (Å²) in [7, 11) is 0. The molecule has 1 N–H and O–H groups in total. The monoisotopic (exact) mass is 444 g/mol. The maximum Gasteiger partial charge on any atom is 0.190 e. The summed E-state index contributed by atoms with van der Waals surface area (Å²) in [5.41, 5.74) is 5.91. The summed E-state index contributed by atoms with van der Waals surface area (Å²) in [6.45, 7) is 0.636. The van der Waals surface area contributed by atoms with Crippen LogP contribution in [-0.2, 0) is 17.8 Å². The van der Waals surface area contributed by atoms with E-state index in [1.807, 2.05) is 84.9 Å². The predicted molar refractivity (Wildman–Crippen MR) is 134 cm³/mol. The molecule has 5 heteroatoms. The molecular formula is C26H21ClN2OS. The molecule has 31 heavy (non-hydrogen) atoms. The van der Waals surface area contributed by atoms with Gasteiger partial charge in [0, 0.05) is 29.1 Å². The van der Waals surface area contributed by atoms with Crippen LogP contribution in [0.15, 0.2) is 78.9 Å². The summed E-state index contributed by atoms with van der Waals surface area (Å²) in [6, 6.07) is 25.8. The lowest BCUT2D eigenvalue weighted by Gasteiger charge is -2.11. The molecular weight excluding hydrogens is 424 g/mol. The first-order valence-electron chi connectivity index (χ1n) is 9.94. The number of carbonyl (C=O) groups is 1. The Morgan fingerprint density at radius 2 is 1.74 bits per heavy atom. The van der Waals surface area contributed by atoms with Crippen LogP contribution in [0, 0.1) is 0 Å². The number of hydrogen-bond donors (Lipinski definition) is 2. The minimum Gasteiger partial charge on any atom is -0.381 e. The van der Waals surface area contributed by atoms with E-state index in [4.69, 9.17) is 11.6 Å². The Morgan fingerprint density at radius 1 is 0.935 bits per heavy atom. The molecule has 0 aliphatic rings. The van der Waals surface area contributed by atoms with Gasteiger partial charge in [0.15, 0.2) is 5.12 Å². The second-order valence-electron chi connectivity index (χ2n) is 7.22. The maximum absolute atomic E-state index is 11.4. The molecule has 0 saturated heterocycles. The minimum absolute atomic E-state index is 0.135. The van der Waals surface area contributed by atoms with Gasteiger partial charge < -0.3 is 5.32 Å². The fourth-order valence-corrected chi connectivity index (χ4v) is 3.73. The smallest absolute Gasteiger partial charge is 0.190 e. The number of hydrogen-bond acceptors (Lipinski definition) is 3. The second kappa shape index (κ2) is 9.82. The highest BCUT2D eigenvalue weighted by atomic mass is 35.5. The molecule has 1 heterocycles. The van der Waals surface area contributed by atoms with Crippen LogP contribution in [0.3, 0.4) is 0 Å². The van der Waals surface area contributed by atoms with Gasteiger partial charge in [-0.3, -0.25) is 4.79 Å². The van der Waals surface area contributed by atoms with E-state index in [9.17, 15) is 4.79 Å². The van der Waals surface area contributed by atoms with Crippen molar-refractivity contribution in [2.45, 2.75) is 13.0 Å². The van der Waals surface area contributed by atoms with Crippen molar-refractivity contribution in [2.75, 3.05) is 5.32 Å². The molecule has 0 bridgehead atoms. The van der Waals surface area contributed by atoms with Gasteiger partial charge in [0.2, 0.25) is 0 Å². The molecule has 0 aliphatic carbocycles. The lowest BCUT2D eigenvalue weighted by molar-refractivity contribution is -0.110. The first kappa shape index (κ1) is 21.2. The molecule has 154 valence electrons. The van der Waals surface area contributed by atoms with Crippen LogP contribution in [0.4, 0.5) is 5.69 Å². The van der Waals surface area contributed by atoms with Gasteiger partial charge in [-0.15, -0.1) is 12.6 Å². The molecule has 3 nitrogen and oxygen atoms in total. The topological polar surface area (TPSA) is 42.0 Å². The maximum atomic E-state index is 11.4. The number of carbonyl (C=O) groups excluding carboxylic acids is 1. The Hall–Kier alpha value is -3.08.